The lowest BCUT2D eigenvalue weighted by Gasteiger charge is -2.27. The highest BCUT2D eigenvalue weighted by Gasteiger charge is 2.42. The van der Waals surface area contributed by atoms with Crippen LogP contribution in [0.2, 0.25) is 0 Å². The zero-order valence-corrected chi connectivity index (χ0v) is 25.3. The lowest BCUT2D eigenvalue weighted by Crippen LogP contribution is -2.34. The van der Waals surface area contributed by atoms with Gasteiger partial charge in [-0.2, -0.15) is 0 Å². The Bertz CT molecular complexity index is 1710. The van der Waals surface area contributed by atoms with E-state index in [9.17, 15) is 14.4 Å². The van der Waals surface area contributed by atoms with Crippen LogP contribution in [-0.4, -0.2) is 45.0 Å². The van der Waals surface area contributed by atoms with Gasteiger partial charge in [-0.15, -0.1) is 23.1 Å². The Morgan fingerprint density at radius 2 is 2.02 bits per heavy atom. The van der Waals surface area contributed by atoms with E-state index in [2.05, 4.69) is 47.6 Å². The number of carbonyl (C=O) groups excluding carboxylic acids is 2. The summed E-state index contributed by atoms with van der Waals surface area (Å²) in [7, 11) is 0. The van der Waals surface area contributed by atoms with Gasteiger partial charge in [0.05, 0.1) is 4.53 Å². The van der Waals surface area contributed by atoms with Crippen molar-refractivity contribution < 1.29 is 14.3 Å². The molecule has 1 saturated carbocycles. The third kappa shape index (κ3) is 4.62. The minimum Gasteiger partial charge on any atom is -0.446 e. The fourth-order valence-corrected chi connectivity index (χ4v) is 9.01. The maximum Gasteiger partial charge on any atom is 0.294 e. The molecule has 2 aliphatic heterocycles. The summed E-state index contributed by atoms with van der Waals surface area (Å²) in [6.07, 6.45) is 7.46. The van der Waals surface area contributed by atoms with Crippen molar-refractivity contribution in [3.63, 3.8) is 0 Å². The number of thiocarbonyl (C=S) groups is 1. The molecular weight excluding hydrogens is 583 g/mol. The molecule has 11 heteroatoms. The number of hydrogen-bond donors (Lipinski definition) is 0. The van der Waals surface area contributed by atoms with Gasteiger partial charge in [-0.05, 0) is 73.6 Å². The van der Waals surface area contributed by atoms with Crippen LogP contribution < -0.4 is 19.7 Å². The van der Waals surface area contributed by atoms with Gasteiger partial charge in [-0.1, -0.05) is 42.5 Å². The number of hydrogen-bond acceptors (Lipinski definition) is 9. The normalized spacial score (nSPS) is 21.8. The van der Waals surface area contributed by atoms with Gasteiger partial charge < -0.3 is 9.64 Å². The summed E-state index contributed by atoms with van der Waals surface area (Å²) < 4.78 is 7.66. The number of aromatic nitrogens is 1. The highest BCUT2D eigenvalue weighted by Crippen LogP contribution is 2.52. The Morgan fingerprint density at radius 1 is 1.18 bits per heavy atom. The Kier molecular flexibility index (Phi) is 7.64. The first-order valence-electron chi connectivity index (χ1n) is 13.1. The summed E-state index contributed by atoms with van der Waals surface area (Å²) in [6, 6.07) is 15.6. The fraction of sp³-hybridized carbons (Fsp3) is 0.310. The van der Waals surface area contributed by atoms with Crippen molar-refractivity contribution in [2.75, 3.05) is 17.7 Å². The van der Waals surface area contributed by atoms with E-state index in [1.165, 1.54) is 60.8 Å². The van der Waals surface area contributed by atoms with Crippen molar-refractivity contribution in [3.05, 3.63) is 73.1 Å². The topological polar surface area (TPSA) is 71.8 Å². The van der Waals surface area contributed by atoms with Gasteiger partial charge in [0.25, 0.3) is 17.9 Å². The van der Waals surface area contributed by atoms with Gasteiger partial charge in [0.1, 0.15) is 13.9 Å². The van der Waals surface area contributed by atoms with Gasteiger partial charge in [-0.3, -0.25) is 23.9 Å². The zero-order chi connectivity index (χ0) is 28.0. The van der Waals surface area contributed by atoms with Crippen LogP contribution in [0, 0.1) is 0 Å². The molecule has 3 heterocycles. The molecule has 0 bridgehead atoms. The second-order valence-electron chi connectivity index (χ2n) is 9.78. The van der Waals surface area contributed by atoms with Crippen LogP contribution in [0.5, 0.6) is 0 Å². The predicted molar refractivity (Wildman–Crippen MR) is 167 cm³/mol. The lowest BCUT2D eigenvalue weighted by atomic mass is 9.96. The number of amides is 1. The monoisotopic (exact) mass is 609 g/mol. The number of thioether (sulfide) groups is 2. The van der Waals surface area contributed by atoms with Crippen molar-refractivity contribution >= 4 is 86.1 Å². The van der Waals surface area contributed by atoms with Gasteiger partial charge in [0, 0.05) is 34.8 Å². The number of benzene rings is 2. The number of thiazole rings is 1. The molecule has 6 rings (SSSR count). The molecule has 40 heavy (non-hydrogen) atoms. The average molecular weight is 610 g/mol. The minimum atomic E-state index is -0.307. The third-order valence-electron chi connectivity index (χ3n) is 7.69. The Balaban J connectivity index is 1.45. The number of fused-ring (bicyclic) bond motifs is 3. The van der Waals surface area contributed by atoms with Crippen molar-refractivity contribution in [2.24, 2.45) is 0 Å². The molecular formula is C29H27N3O4S4. The summed E-state index contributed by atoms with van der Waals surface area (Å²) in [5.74, 6) is 0.211. The maximum atomic E-state index is 13.5. The van der Waals surface area contributed by atoms with Gasteiger partial charge in [-0.25, -0.2) is 0 Å². The summed E-state index contributed by atoms with van der Waals surface area (Å²) >= 11 is 9.52. The second kappa shape index (κ2) is 11.2. The first-order valence-corrected chi connectivity index (χ1v) is 16.3. The van der Waals surface area contributed by atoms with E-state index in [0.29, 0.717) is 43.4 Å². The van der Waals surface area contributed by atoms with Crippen LogP contribution >= 0.6 is 47.1 Å². The van der Waals surface area contributed by atoms with Crippen LogP contribution in [0.3, 0.4) is 0 Å². The number of nitrogens with zero attached hydrogens (tertiary/aromatic N) is 3. The van der Waals surface area contributed by atoms with Gasteiger partial charge >= 0.3 is 0 Å². The molecule has 0 N–H and O–H groups in total. The van der Waals surface area contributed by atoms with E-state index >= 15 is 0 Å². The summed E-state index contributed by atoms with van der Waals surface area (Å²) in [5.41, 5.74) is 4.38. The smallest absolute Gasteiger partial charge is 0.294 e. The molecule has 206 valence electrons. The summed E-state index contributed by atoms with van der Waals surface area (Å²) in [6.45, 7) is 2.33. The molecule has 0 radical (unpaired) electrons. The van der Waals surface area contributed by atoms with E-state index in [1.807, 2.05) is 19.1 Å². The van der Waals surface area contributed by atoms with Crippen LogP contribution in [0.25, 0.3) is 11.0 Å². The molecule has 3 aromatic rings. The van der Waals surface area contributed by atoms with E-state index in [4.69, 9.17) is 17.0 Å². The Morgan fingerprint density at radius 3 is 2.77 bits per heavy atom. The molecule has 2 aromatic carbocycles. The minimum absolute atomic E-state index is 0.236. The SMILES string of the molecule is CCN1C(=O)/C(=c2/s/c(=C/c3ccc4c(c3)C3CCCC3N4c3cccc(SC)c3)c(=O)n2COC=O)SC1=S. The Labute approximate surface area is 249 Å². The van der Waals surface area contributed by atoms with E-state index in [-0.39, 0.29) is 18.2 Å². The molecule has 1 amide bonds. The molecule has 0 spiro atoms. The highest BCUT2D eigenvalue weighted by molar-refractivity contribution is 8.30. The largest absolute Gasteiger partial charge is 0.446 e. The van der Waals surface area contributed by atoms with Crippen LogP contribution in [0.15, 0.2) is 52.2 Å². The standard InChI is InChI=1S/C29H27N3O4S4/c1-3-30-27(35)25(40-29(30)37)28-31(15-36-16-33)26(34)24(39-28)13-17-10-11-23-21(12-17)20-8-5-9-22(20)32(23)18-6-4-7-19(14-18)38-2/h4,6-7,10-14,16,20,22H,3,5,8-9,15H2,1-2H3/b24-13+,28-25-. The lowest BCUT2D eigenvalue weighted by molar-refractivity contribution is -0.132. The van der Waals surface area contributed by atoms with Crippen molar-refractivity contribution in [1.82, 2.24) is 9.47 Å². The number of ether oxygens (including phenoxy) is 1. The molecule has 2 atom stereocenters. The van der Waals surface area contributed by atoms with E-state index < -0.39 is 0 Å². The van der Waals surface area contributed by atoms with Gasteiger partial charge in [0.15, 0.2) is 6.73 Å². The maximum absolute atomic E-state index is 13.5. The van der Waals surface area contributed by atoms with Gasteiger partial charge in [0.2, 0.25) is 0 Å². The van der Waals surface area contributed by atoms with Crippen LogP contribution in [-0.2, 0) is 21.1 Å². The first kappa shape index (κ1) is 27.3. The van der Waals surface area contributed by atoms with E-state index in [0.717, 1.165) is 18.4 Å². The Hall–Kier alpha value is -2.86. The first-order chi connectivity index (χ1) is 19.4. The van der Waals surface area contributed by atoms with Crippen LogP contribution in [0.1, 0.15) is 43.2 Å². The van der Waals surface area contributed by atoms with Crippen molar-refractivity contribution in [3.8, 4) is 0 Å². The van der Waals surface area contributed by atoms with Crippen LogP contribution in [0.4, 0.5) is 11.4 Å². The molecule has 7 nitrogen and oxygen atoms in total. The highest BCUT2D eigenvalue weighted by atomic mass is 32.2. The number of anilines is 2. The van der Waals surface area contributed by atoms with Crippen molar-refractivity contribution in [2.45, 2.75) is 49.8 Å². The predicted octanol–water partition coefficient (Wildman–Crippen LogP) is 4.37. The zero-order valence-electron chi connectivity index (χ0n) is 22.0. The number of rotatable bonds is 7. The second-order valence-corrected chi connectivity index (χ2v) is 13.3. The summed E-state index contributed by atoms with van der Waals surface area (Å²) in [4.78, 5) is 43.1. The fourth-order valence-electron chi connectivity index (χ4n) is 5.92. The van der Waals surface area contributed by atoms with E-state index in [1.54, 1.807) is 11.8 Å². The molecule has 3 aliphatic rings. The number of carbonyl (C=O) groups is 2. The van der Waals surface area contributed by atoms with Crippen molar-refractivity contribution in [1.29, 1.82) is 0 Å². The average Bonchev–Trinajstić information content (AvgIpc) is 3.70. The molecule has 2 unspecified atom stereocenters. The summed E-state index contributed by atoms with van der Waals surface area (Å²) in [5, 5.41) is 0. The molecule has 1 aromatic heterocycles. The molecule has 1 saturated heterocycles. The quantitative estimate of drug-likeness (QED) is 0.222. The molecule has 1 aliphatic carbocycles. The molecule has 2 fully saturated rings. The third-order valence-corrected chi connectivity index (χ3v) is 11.1.